The number of hydrogen-bond acceptors (Lipinski definition) is 18. The molecule has 3 saturated heterocycles. The minimum Gasteiger partial charge on any atom is -0.462 e. The van der Waals surface area contributed by atoms with Crippen molar-refractivity contribution in [2.75, 3.05) is 19.8 Å². The number of aliphatic hydroxyl groups is 10. The van der Waals surface area contributed by atoms with Gasteiger partial charge in [0.15, 0.2) is 12.6 Å². The standard InChI is InChI=1S/C24H35NO18/c26-5-10-13(29)14(30)17(33)23(39-10)42-21-12(7-28)41-24(19(35)16(21)32)43-20-11(6-27)40-22(18(34)15(20)31)38-9-3-1-8(2-4-9)25(36)37/h1-4,10-24,26-35H,5-7H2/t10-,11-,12-,13+,14+,15-,16-,17-,18-,19-,20-,21+,22-,23-,24+/m1/s1. The summed E-state index contributed by atoms with van der Waals surface area (Å²) < 4.78 is 32.8. The zero-order valence-corrected chi connectivity index (χ0v) is 22.3. The summed E-state index contributed by atoms with van der Waals surface area (Å²) in [7, 11) is 0. The predicted molar refractivity (Wildman–Crippen MR) is 133 cm³/mol. The lowest BCUT2D eigenvalue weighted by molar-refractivity contribution is -0.384. The average molecular weight is 626 g/mol. The van der Waals surface area contributed by atoms with Gasteiger partial charge in [0, 0.05) is 12.1 Å². The Morgan fingerprint density at radius 3 is 1.49 bits per heavy atom. The van der Waals surface area contributed by atoms with Gasteiger partial charge in [-0.05, 0) is 12.1 Å². The first-order chi connectivity index (χ1) is 20.4. The molecule has 4 rings (SSSR count). The SMILES string of the molecule is O=[N+]([O-])c1ccc(O[C@@H]2O[C@H](CO)[C@@H](O[C@@H]3O[C@H](CO)[C@H](O[C@H]4O[C@H](CO)[C@H](O)[C@H](O)[C@H]4O)[C@H](O)[C@H]3O)[C@H](O)[C@H]2O)cc1. The van der Waals surface area contributed by atoms with E-state index in [-0.39, 0.29) is 11.4 Å². The molecule has 1 aromatic carbocycles. The van der Waals surface area contributed by atoms with E-state index in [1.165, 1.54) is 12.1 Å². The van der Waals surface area contributed by atoms with Crippen LogP contribution in [0.4, 0.5) is 5.69 Å². The molecule has 0 unspecified atom stereocenters. The smallest absolute Gasteiger partial charge is 0.269 e. The Kier molecular flexibility index (Phi) is 11.2. The highest BCUT2D eigenvalue weighted by atomic mass is 16.8. The van der Waals surface area contributed by atoms with E-state index in [9.17, 15) is 61.2 Å². The normalized spacial score (nSPS) is 43.7. The van der Waals surface area contributed by atoms with Gasteiger partial charge in [-0.2, -0.15) is 0 Å². The molecule has 43 heavy (non-hydrogen) atoms. The van der Waals surface area contributed by atoms with E-state index in [0.717, 1.165) is 12.1 Å². The Hall–Kier alpha value is -2.18. The molecule has 0 aromatic heterocycles. The van der Waals surface area contributed by atoms with Gasteiger partial charge in [-0.3, -0.25) is 10.1 Å². The molecular weight excluding hydrogens is 590 g/mol. The zero-order valence-electron chi connectivity index (χ0n) is 22.3. The van der Waals surface area contributed by atoms with Crippen molar-refractivity contribution in [3.05, 3.63) is 34.4 Å². The number of non-ortho nitro benzene ring substituents is 1. The summed E-state index contributed by atoms with van der Waals surface area (Å²) >= 11 is 0. The molecule has 0 saturated carbocycles. The third kappa shape index (κ3) is 7.06. The number of rotatable bonds is 10. The number of nitro groups is 1. The van der Waals surface area contributed by atoms with Crippen LogP contribution in [0.2, 0.25) is 0 Å². The summed E-state index contributed by atoms with van der Waals surface area (Å²) in [6.07, 6.45) is -25.4. The average Bonchev–Trinajstić information content (AvgIpc) is 3.00. The minimum atomic E-state index is -1.96. The van der Waals surface area contributed by atoms with Crippen LogP contribution in [0.25, 0.3) is 0 Å². The molecule has 244 valence electrons. The second kappa shape index (κ2) is 14.3. The van der Waals surface area contributed by atoms with Crippen molar-refractivity contribution < 1.29 is 84.4 Å². The number of aliphatic hydroxyl groups excluding tert-OH is 10. The molecule has 0 bridgehead atoms. The maximum absolute atomic E-state index is 10.8. The highest BCUT2D eigenvalue weighted by Crippen LogP contribution is 2.33. The molecule has 10 N–H and O–H groups in total. The van der Waals surface area contributed by atoms with Gasteiger partial charge >= 0.3 is 0 Å². The molecule has 3 aliphatic rings. The Bertz CT molecular complexity index is 1040. The van der Waals surface area contributed by atoms with E-state index in [4.69, 9.17) is 28.4 Å². The van der Waals surface area contributed by atoms with Crippen molar-refractivity contribution in [2.45, 2.75) is 92.1 Å². The van der Waals surface area contributed by atoms with Crippen LogP contribution < -0.4 is 4.74 Å². The molecule has 0 spiro atoms. The molecule has 3 aliphatic heterocycles. The zero-order chi connectivity index (χ0) is 31.6. The first-order valence-electron chi connectivity index (χ1n) is 13.2. The largest absolute Gasteiger partial charge is 0.462 e. The van der Waals surface area contributed by atoms with E-state index in [1.54, 1.807) is 0 Å². The number of benzene rings is 1. The van der Waals surface area contributed by atoms with Crippen LogP contribution in [-0.2, 0) is 23.7 Å². The van der Waals surface area contributed by atoms with Crippen molar-refractivity contribution in [3.63, 3.8) is 0 Å². The third-order valence-corrected chi connectivity index (χ3v) is 7.37. The van der Waals surface area contributed by atoms with Crippen molar-refractivity contribution in [3.8, 4) is 5.75 Å². The molecule has 0 aliphatic carbocycles. The van der Waals surface area contributed by atoms with E-state index < -0.39 is 117 Å². The Morgan fingerprint density at radius 2 is 1.02 bits per heavy atom. The maximum atomic E-state index is 10.8. The Labute approximate surface area is 242 Å². The molecule has 19 heteroatoms. The van der Waals surface area contributed by atoms with Gasteiger partial charge in [0.1, 0.15) is 79.0 Å². The monoisotopic (exact) mass is 625 g/mol. The van der Waals surface area contributed by atoms with E-state index >= 15 is 0 Å². The Morgan fingerprint density at radius 1 is 0.605 bits per heavy atom. The van der Waals surface area contributed by atoms with Gasteiger partial charge in [0.25, 0.3) is 5.69 Å². The summed E-state index contributed by atoms with van der Waals surface area (Å²) in [5, 5.41) is 113. The van der Waals surface area contributed by atoms with Gasteiger partial charge in [-0.25, -0.2) is 0 Å². The van der Waals surface area contributed by atoms with Crippen LogP contribution in [0.5, 0.6) is 5.75 Å². The molecule has 3 heterocycles. The molecular formula is C24H35NO18. The second-order valence-corrected chi connectivity index (χ2v) is 10.2. The fraction of sp³-hybridized carbons (Fsp3) is 0.750. The number of nitrogens with zero attached hydrogens (tertiary/aromatic N) is 1. The summed E-state index contributed by atoms with van der Waals surface area (Å²) in [6.45, 7) is -2.42. The lowest BCUT2D eigenvalue weighted by atomic mass is 9.96. The van der Waals surface area contributed by atoms with E-state index in [2.05, 4.69) is 0 Å². The second-order valence-electron chi connectivity index (χ2n) is 10.2. The van der Waals surface area contributed by atoms with Gasteiger partial charge in [-0.15, -0.1) is 0 Å². The fourth-order valence-electron chi connectivity index (χ4n) is 4.92. The molecule has 19 nitrogen and oxygen atoms in total. The summed E-state index contributed by atoms with van der Waals surface area (Å²) in [5.41, 5.74) is -0.227. The van der Waals surface area contributed by atoms with Crippen LogP contribution >= 0.6 is 0 Å². The number of hydrogen-bond donors (Lipinski definition) is 10. The van der Waals surface area contributed by atoms with Crippen LogP contribution in [0.15, 0.2) is 24.3 Å². The van der Waals surface area contributed by atoms with Gasteiger partial charge in [-0.1, -0.05) is 0 Å². The topological polar surface area (TPSA) is 301 Å². The lowest BCUT2D eigenvalue weighted by Crippen LogP contribution is -2.66. The van der Waals surface area contributed by atoms with Gasteiger partial charge in [0.05, 0.1) is 24.7 Å². The molecule has 15 atom stereocenters. The third-order valence-electron chi connectivity index (χ3n) is 7.37. The first-order valence-corrected chi connectivity index (χ1v) is 13.2. The number of nitro benzene ring substituents is 1. The molecule has 1 aromatic rings. The molecule has 3 fully saturated rings. The predicted octanol–water partition coefficient (Wildman–Crippen LogP) is -5.58. The van der Waals surface area contributed by atoms with E-state index in [1.807, 2.05) is 0 Å². The minimum absolute atomic E-state index is 0.0308. The summed E-state index contributed by atoms with van der Waals surface area (Å²) in [5.74, 6) is 0.0308. The first kappa shape index (κ1) is 33.7. The fourth-order valence-corrected chi connectivity index (χ4v) is 4.92. The van der Waals surface area contributed by atoms with Crippen LogP contribution in [0, 0.1) is 10.1 Å². The highest BCUT2D eigenvalue weighted by molar-refractivity contribution is 5.36. The highest BCUT2D eigenvalue weighted by Gasteiger charge is 2.53. The lowest BCUT2D eigenvalue weighted by Gasteiger charge is -2.48. The quantitative estimate of drug-likeness (QED) is 0.0856. The van der Waals surface area contributed by atoms with Crippen LogP contribution in [-0.4, -0.2) is 168 Å². The van der Waals surface area contributed by atoms with Crippen molar-refractivity contribution >= 4 is 5.69 Å². The van der Waals surface area contributed by atoms with Crippen molar-refractivity contribution in [1.82, 2.24) is 0 Å². The van der Waals surface area contributed by atoms with E-state index in [0.29, 0.717) is 0 Å². The van der Waals surface area contributed by atoms with Crippen molar-refractivity contribution in [2.24, 2.45) is 0 Å². The summed E-state index contributed by atoms with van der Waals surface area (Å²) in [4.78, 5) is 10.2. The van der Waals surface area contributed by atoms with Crippen LogP contribution in [0.3, 0.4) is 0 Å². The molecule has 0 amide bonds. The van der Waals surface area contributed by atoms with Gasteiger partial charge in [0.2, 0.25) is 6.29 Å². The van der Waals surface area contributed by atoms with Gasteiger partial charge < -0.3 is 79.5 Å². The number of ether oxygens (including phenoxy) is 6. The van der Waals surface area contributed by atoms with Crippen molar-refractivity contribution in [1.29, 1.82) is 0 Å². The molecule has 0 radical (unpaired) electrons. The Balaban J connectivity index is 1.42. The maximum Gasteiger partial charge on any atom is 0.269 e. The summed E-state index contributed by atoms with van der Waals surface area (Å²) in [6, 6.07) is 4.72. The van der Waals surface area contributed by atoms with Crippen LogP contribution in [0.1, 0.15) is 0 Å².